The van der Waals surface area contributed by atoms with Crippen LogP contribution in [0.25, 0.3) is 0 Å². The predicted molar refractivity (Wildman–Crippen MR) is 95.6 cm³/mol. The zero-order valence-electron chi connectivity index (χ0n) is 15.3. The van der Waals surface area contributed by atoms with Crippen LogP contribution < -0.4 is 5.32 Å². The highest BCUT2D eigenvalue weighted by molar-refractivity contribution is 5.89. The molecule has 0 aromatic heterocycles. The summed E-state index contributed by atoms with van der Waals surface area (Å²) < 4.78 is 37.8. The minimum absolute atomic E-state index is 0.0556. The Bertz CT molecular complexity index is 929. The number of aryl methyl sites for hydroxylation is 1. The van der Waals surface area contributed by atoms with Gasteiger partial charge in [0.2, 0.25) is 0 Å². The quantitative estimate of drug-likeness (QED) is 0.592. The van der Waals surface area contributed by atoms with Crippen molar-refractivity contribution < 1.29 is 32.5 Å². The summed E-state index contributed by atoms with van der Waals surface area (Å²) in [5.41, 5.74) is -0.147. The van der Waals surface area contributed by atoms with E-state index in [0.29, 0.717) is 16.2 Å². The minimum atomic E-state index is -4.51. The van der Waals surface area contributed by atoms with Gasteiger partial charge in [-0.2, -0.15) is 13.2 Å². The lowest BCUT2D eigenvalue weighted by atomic mass is 10.1. The van der Waals surface area contributed by atoms with Crippen LogP contribution in [-0.2, 0) is 22.4 Å². The Kier molecular flexibility index (Phi) is 6.42. The first-order valence-corrected chi connectivity index (χ1v) is 8.15. The van der Waals surface area contributed by atoms with Crippen LogP contribution in [0.3, 0.4) is 0 Å². The van der Waals surface area contributed by atoms with Crippen molar-refractivity contribution in [1.29, 1.82) is 0 Å². The van der Waals surface area contributed by atoms with Gasteiger partial charge in [-0.1, -0.05) is 6.07 Å². The maximum atomic E-state index is 12.6. The number of urea groups is 1. The standard InChI is InChI=1S/C18H16F3N3O5/c1-11-9-13(3-8-16(11)24(27)28)10-23(29-12(2)25)17(26)22-15-6-4-14(5-7-15)18(19,20)21/h3-9H,10H2,1-2H3,(H,22,26). The van der Waals surface area contributed by atoms with Crippen molar-refractivity contribution in [2.75, 3.05) is 5.32 Å². The lowest BCUT2D eigenvalue weighted by molar-refractivity contribution is -0.385. The molecule has 2 aromatic carbocycles. The summed E-state index contributed by atoms with van der Waals surface area (Å²) in [6.07, 6.45) is -4.51. The predicted octanol–water partition coefficient (Wildman–Crippen LogP) is 4.43. The van der Waals surface area contributed by atoms with Crippen molar-refractivity contribution in [3.05, 3.63) is 69.3 Å². The highest BCUT2D eigenvalue weighted by Gasteiger charge is 2.30. The van der Waals surface area contributed by atoms with E-state index in [1.165, 1.54) is 25.1 Å². The summed E-state index contributed by atoms with van der Waals surface area (Å²) in [7, 11) is 0. The molecule has 2 amide bonds. The molecule has 0 aliphatic rings. The molecule has 0 heterocycles. The molecule has 0 bridgehead atoms. The van der Waals surface area contributed by atoms with Gasteiger partial charge >= 0.3 is 18.2 Å². The molecule has 8 nitrogen and oxygen atoms in total. The smallest absolute Gasteiger partial charge is 0.337 e. The van der Waals surface area contributed by atoms with E-state index >= 15 is 0 Å². The number of hydrogen-bond acceptors (Lipinski definition) is 5. The molecule has 1 N–H and O–H groups in total. The highest BCUT2D eigenvalue weighted by Crippen LogP contribution is 2.30. The summed E-state index contributed by atoms with van der Waals surface area (Å²) in [4.78, 5) is 38.9. The zero-order valence-corrected chi connectivity index (χ0v) is 15.3. The molecule has 11 heteroatoms. The second-order valence-electron chi connectivity index (χ2n) is 6.00. The summed E-state index contributed by atoms with van der Waals surface area (Å²) in [6, 6.07) is 6.91. The Hall–Kier alpha value is -3.63. The third kappa shape index (κ3) is 5.92. The Labute approximate surface area is 163 Å². The van der Waals surface area contributed by atoms with Gasteiger partial charge in [0.05, 0.1) is 17.0 Å². The molecule has 2 rings (SSSR count). The summed E-state index contributed by atoms with van der Waals surface area (Å²) >= 11 is 0. The molecule has 29 heavy (non-hydrogen) atoms. The van der Waals surface area contributed by atoms with Gasteiger partial charge in [0.25, 0.3) is 5.69 Å². The number of nitro benzene ring substituents is 1. The fourth-order valence-electron chi connectivity index (χ4n) is 2.42. The number of benzene rings is 2. The molecule has 0 atom stereocenters. The van der Waals surface area contributed by atoms with E-state index in [1.807, 2.05) is 0 Å². The molecular weight excluding hydrogens is 395 g/mol. The van der Waals surface area contributed by atoms with Gasteiger partial charge in [-0.05, 0) is 42.8 Å². The average Bonchev–Trinajstić information content (AvgIpc) is 2.60. The van der Waals surface area contributed by atoms with Crippen LogP contribution in [0.15, 0.2) is 42.5 Å². The van der Waals surface area contributed by atoms with Gasteiger partial charge in [-0.25, -0.2) is 4.79 Å². The van der Waals surface area contributed by atoms with Crippen LogP contribution in [0, 0.1) is 17.0 Å². The topological polar surface area (TPSA) is 102 Å². The van der Waals surface area contributed by atoms with Gasteiger partial charge in [-0.15, -0.1) is 5.06 Å². The third-order valence-electron chi connectivity index (χ3n) is 3.71. The number of hydrogen-bond donors (Lipinski definition) is 1. The number of rotatable bonds is 4. The van der Waals surface area contributed by atoms with E-state index < -0.39 is 28.7 Å². The average molecular weight is 411 g/mol. The van der Waals surface area contributed by atoms with Crippen LogP contribution in [0.2, 0.25) is 0 Å². The maximum absolute atomic E-state index is 12.6. The number of halogens is 3. The van der Waals surface area contributed by atoms with Crippen molar-refractivity contribution in [3.63, 3.8) is 0 Å². The number of nitro groups is 1. The van der Waals surface area contributed by atoms with Crippen LogP contribution in [0.5, 0.6) is 0 Å². The van der Waals surface area contributed by atoms with Crippen molar-refractivity contribution in [2.45, 2.75) is 26.6 Å². The second kappa shape index (κ2) is 8.59. The molecular formula is C18H16F3N3O5. The molecule has 2 aromatic rings. The minimum Gasteiger partial charge on any atom is -0.337 e. The van der Waals surface area contributed by atoms with Crippen molar-refractivity contribution >= 4 is 23.4 Å². The maximum Gasteiger partial charge on any atom is 0.416 e. The van der Waals surface area contributed by atoms with Gasteiger partial charge in [0, 0.05) is 24.2 Å². The number of alkyl halides is 3. The summed E-state index contributed by atoms with van der Waals surface area (Å²) in [5, 5.41) is 13.9. The number of amides is 2. The van der Waals surface area contributed by atoms with E-state index in [2.05, 4.69) is 5.32 Å². The third-order valence-corrected chi connectivity index (χ3v) is 3.71. The molecule has 0 aliphatic heterocycles. The molecule has 0 spiro atoms. The highest BCUT2D eigenvalue weighted by atomic mass is 19.4. The van der Waals surface area contributed by atoms with Crippen molar-refractivity contribution in [2.24, 2.45) is 0 Å². The Morgan fingerprint density at radius 1 is 1.17 bits per heavy atom. The fraction of sp³-hybridized carbons (Fsp3) is 0.222. The zero-order chi connectivity index (χ0) is 21.8. The molecule has 0 fully saturated rings. The second-order valence-corrected chi connectivity index (χ2v) is 6.00. The van der Waals surface area contributed by atoms with Crippen LogP contribution in [-0.4, -0.2) is 22.0 Å². The molecule has 154 valence electrons. The van der Waals surface area contributed by atoms with Gasteiger partial charge in [-0.3, -0.25) is 14.9 Å². The van der Waals surface area contributed by atoms with Crippen LogP contribution in [0.1, 0.15) is 23.6 Å². The first-order chi connectivity index (χ1) is 13.5. The first-order valence-electron chi connectivity index (χ1n) is 8.15. The molecule has 0 radical (unpaired) electrons. The number of anilines is 1. The summed E-state index contributed by atoms with van der Waals surface area (Å²) in [5.74, 6) is -0.800. The number of hydroxylamine groups is 2. The van der Waals surface area contributed by atoms with E-state index in [4.69, 9.17) is 4.84 Å². The Morgan fingerprint density at radius 3 is 2.28 bits per heavy atom. The lowest BCUT2D eigenvalue weighted by Crippen LogP contribution is -2.36. The van der Waals surface area contributed by atoms with Gasteiger partial charge < -0.3 is 10.2 Å². The molecule has 0 saturated carbocycles. The normalized spacial score (nSPS) is 10.9. The first kappa shape index (κ1) is 21.7. The van der Waals surface area contributed by atoms with Crippen LogP contribution >= 0.6 is 0 Å². The number of nitrogens with zero attached hydrogens (tertiary/aromatic N) is 2. The van der Waals surface area contributed by atoms with Crippen molar-refractivity contribution in [1.82, 2.24) is 5.06 Å². The molecule has 0 unspecified atom stereocenters. The van der Waals surface area contributed by atoms with E-state index in [9.17, 15) is 32.9 Å². The largest absolute Gasteiger partial charge is 0.416 e. The monoisotopic (exact) mass is 411 g/mol. The number of carbonyl (C=O) groups excluding carboxylic acids is 2. The Morgan fingerprint density at radius 2 is 1.79 bits per heavy atom. The van der Waals surface area contributed by atoms with Crippen LogP contribution in [0.4, 0.5) is 29.3 Å². The molecule has 0 aliphatic carbocycles. The van der Waals surface area contributed by atoms with E-state index in [1.54, 1.807) is 0 Å². The fourth-order valence-corrected chi connectivity index (χ4v) is 2.42. The van der Waals surface area contributed by atoms with E-state index in [0.717, 1.165) is 31.2 Å². The lowest BCUT2D eigenvalue weighted by Gasteiger charge is -2.21. The summed E-state index contributed by atoms with van der Waals surface area (Å²) in [6.45, 7) is 2.35. The number of nitrogens with one attached hydrogen (secondary N) is 1. The number of carbonyl (C=O) groups is 2. The van der Waals surface area contributed by atoms with Gasteiger partial charge in [0.15, 0.2) is 0 Å². The van der Waals surface area contributed by atoms with Gasteiger partial charge in [0.1, 0.15) is 0 Å². The van der Waals surface area contributed by atoms with E-state index in [-0.39, 0.29) is 17.9 Å². The Balaban J connectivity index is 2.17. The van der Waals surface area contributed by atoms with Crippen molar-refractivity contribution in [3.8, 4) is 0 Å². The molecule has 0 saturated heterocycles. The SMILES string of the molecule is CC(=O)ON(Cc1ccc([N+](=O)[O-])c(C)c1)C(=O)Nc1ccc(C(F)(F)F)cc1.